The van der Waals surface area contributed by atoms with Crippen LogP contribution in [0.1, 0.15) is 6.42 Å². The SMILES string of the molecule is Sc1ccc2c(c1)OCCCO2. The molecular formula is C9H10O2S. The fourth-order valence-corrected chi connectivity index (χ4v) is 1.34. The van der Waals surface area contributed by atoms with E-state index in [0.29, 0.717) is 0 Å². The average Bonchev–Trinajstić information content (AvgIpc) is 2.28. The number of benzene rings is 1. The number of hydrogen-bond donors (Lipinski definition) is 1. The molecule has 1 heterocycles. The summed E-state index contributed by atoms with van der Waals surface area (Å²) in [5, 5.41) is 0. The van der Waals surface area contributed by atoms with Crippen molar-refractivity contribution in [2.24, 2.45) is 0 Å². The second kappa shape index (κ2) is 3.27. The molecule has 0 atom stereocenters. The molecule has 0 aromatic heterocycles. The first-order valence-corrected chi connectivity index (χ1v) is 4.39. The summed E-state index contributed by atoms with van der Waals surface area (Å²) < 4.78 is 10.9. The summed E-state index contributed by atoms with van der Waals surface area (Å²) in [6.45, 7) is 1.46. The summed E-state index contributed by atoms with van der Waals surface area (Å²) in [6.07, 6.45) is 0.941. The third-order valence-corrected chi connectivity index (χ3v) is 2.01. The molecular weight excluding hydrogens is 172 g/mol. The lowest BCUT2D eigenvalue weighted by molar-refractivity contribution is 0.297. The number of hydrogen-bond acceptors (Lipinski definition) is 3. The Hall–Kier alpha value is -0.830. The molecule has 0 saturated heterocycles. The van der Waals surface area contributed by atoms with E-state index in [9.17, 15) is 0 Å². The molecule has 3 heteroatoms. The fourth-order valence-electron chi connectivity index (χ4n) is 1.15. The van der Waals surface area contributed by atoms with E-state index in [1.165, 1.54) is 0 Å². The summed E-state index contributed by atoms with van der Waals surface area (Å²) in [4.78, 5) is 0.902. The Morgan fingerprint density at radius 2 is 1.83 bits per heavy atom. The van der Waals surface area contributed by atoms with Gasteiger partial charge in [-0.1, -0.05) is 0 Å². The smallest absolute Gasteiger partial charge is 0.162 e. The van der Waals surface area contributed by atoms with Gasteiger partial charge in [0.05, 0.1) is 13.2 Å². The molecule has 0 fully saturated rings. The van der Waals surface area contributed by atoms with Gasteiger partial charge in [0.15, 0.2) is 11.5 Å². The first-order chi connectivity index (χ1) is 5.86. The Morgan fingerprint density at radius 3 is 2.67 bits per heavy atom. The van der Waals surface area contributed by atoms with E-state index in [4.69, 9.17) is 9.47 Å². The summed E-state index contributed by atoms with van der Waals surface area (Å²) in [5.74, 6) is 1.63. The van der Waals surface area contributed by atoms with Crippen LogP contribution in [0.4, 0.5) is 0 Å². The van der Waals surface area contributed by atoms with Crippen molar-refractivity contribution in [1.29, 1.82) is 0 Å². The minimum absolute atomic E-state index is 0.726. The van der Waals surface area contributed by atoms with Crippen LogP contribution in [-0.4, -0.2) is 13.2 Å². The lowest BCUT2D eigenvalue weighted by Gasteiger charge is -2.06. The van der Waals surface area contributed by atoms with E-state index in [-0.39, 0.29) is 0 Å². The highest BCUT2D eigenvalue weighted by Crippen LogP contribution is 2.31. The highest BCUT2D eigenvalue weighted by atomic mass is 32.1. The van der Waals surface area contributed by atoms with Gasteiger partial charge in [-0.25, -0.2) is 0 Å². The van der Waals surface area contributed by atoms with Gasteiger partial charge in [0.2, 0.25) is 0 Å². The van der Waals surface area contributed by atoms with E-state index in [1.54, 1.807) is 0 Å². The van der Waals surface area contributed by atoms with Gasteiger partial charge in [-0.05, 0) is 18.2 Å². The van der Waals surface area contributed by atoms with Gasteiger partial charge in [0.1, 0.15) is 0 Å². The third kappa shape index (κ3) is 1.50. The predicted octanol–water partition coefficient (Wildman–Crippen LogP) is 2.14. The second-order valence-corrected chi connectivity index (χ2v) is 3.20. The Balaban J connectivity index is 2.36. The molecule has 2 rings (SSSR count). The van der Waals surface area contributed by atoms with Crippen LogP contribution >= 0.6 is 12.6 Å². The molecule has 0 amide bonds. The van der Waals surface area contributed by atoms with Gasteiger partial charge >= 0.3 is 0 Å². The van der Waals surface area contributed by atoms with Gasteiger partial charge < -0.3 is 9.47 Å². The Kier molecular flexibility index (Phi) is 2.13. The van der Waals surface area contributed by atoms with Crippen molar-refractivity contribution < 1.29 is 9.47 Å². The predicted molar refractivity (Wildman–Crippen MR) is 49.3 cm³/mol. The van der Waals surface area contributed by atoms with Gasteiger partial charge in [-0.15, -0.1) is 12.6 Å². The number of rotatable bonds is 0. The standard InChI is InChI=1S/C9H10O2S/c12-7-2-3-8-9(6-7)11-5-1-4-10-8/h2-3,6,12H,1,4-5H2. The van der Waals surface area contributed by atoms with Crippen LogP contribution in [0, 0.1) is 0 Å². The van der Waals surface area contributed by atoms with Crippen molar-refractivity contribution in [3.05, 3.63) is 18.2 Å². The highest BCUT2D eigenvalue weighted by molar-refractivity contribution is 7.80. The fraction of sp³-hybridized carbons (Fsp3) is 0.333. The minimum atomic E-state index is 0.726. The largest absolute Gasteiger partial charge is 0.490 e. The monoisotopic (exact) mass is 182 g/mol. The van der Waals surface area contributed by atoms with Gasteiger partial charge in [0.25, 0.3) is 0 Å². The van der Waals surface area contributed by atoms with Crippen molar-refractivity contribution in [2.75, 3.05) is 13.2 Å². The summed E-state index contributed by atoms with van der Waals surface area (Å²) in [7, 11) is 0. The van der Waals surface area contributed by atoms with Crippen LogP contribution < -0.4 is 9.47 Å². The van der Waals surface area contributed by atoms with Gasteiger partial charge in [-0.3, -0.25) is 0 Å². The molecule has 0 spiro atoms. The third-order valence-electron chi connectivity index (χ3n) is 1.73. The quantitative estimate of drug-likeness (QED) is 0.620. The normalized spacial score (nSPS) is 15.4. The van der Waals surface area contributed by atoms with E-state index in [1.807, 2.05) is 18.2 Å². The van der Waals surface area contributed by atoms with Crippen LogP contribution in [0.25, 0.3) is 0 Å². The number of thiol groups is 1. The van der Waals surface area contributed by atoms with Crippen molar-refractivity contribution >= 4 is 12.6 Å². The van der Waals surface area contributed by atoms with Crippen molar-refractivity contribution in [1.82, 2.24) is 0 Å². The molecule has 64 valence electrons. The molecule has 2 nitrogen and oxygen atoms in total. The Morgan fingerprint density at radius 1 is 1.08 bits per heavy atom. The molecule has 0 radical (unpaired) electrons. The zero-order chi connectivity index (χ0) is 8.39. The lowest BCUT2D eigenvalue weighted by atomic mass is 10.3. The molecule has 1 aliphatic rings. The Labute approximate surface area is 76.9 Å². The average molecular weight is 182 g/mol. The maximum atomic E-state index is 5.46. The lowest BCUT2D eigenvalue weighted by Crippen LogP contribution is -1.97. The second-order valence-electron chi connectivity index (χ2n) is 2.68. The molecule has 0 bridgehead atoms. The maximum absolute atomic E-state index is 5.46. The van der Waals surface area contributed by atoms with Gasteiger partial charge in [0, 0.05) is 11.3 Å². The van der Waals surface area contributed by atoms with Gasteiger partial charge in [-0.2, -0.15) is 0 Å². The van der Waals surface area contributed by atoms with Crippen LogP contribution in [0.3, 0.4) is 0 Å². The topological polar surface area (TPSA) is 18.5 Å². The molecule has 0 N–H and O–H groups in total. The summed E-state index contributed by atoms with van der Waals surface area (Å²) >= 11 is 4.22. The maximum Gasteiger partial charge on any atom is 0.162 e. The molecule has 0 saturated carbocycles. The number of fused-ring (bicyclic) bond motifs is 1. The number of ether oxygens (including phenoxy) is 2. The summed E-state index contributed by atoms with van der Waals surface area (Å²) in [6, 6.07) is 5.67. The molecule has 1 aromatic rings. The van der Waals surface area contributed by atoms with Crippen molar-refractivity contribution in [3.63, 3.8) is 0 Å². The van der Waals surface area contributed by atoms with E-state index in [2.05, 4.69) is 12.6 Å². The van der Waals surface area contributed by atoms with E-state index < -0.39 is 0 Å². The molecule has 1 aromatic carbocycles. The first-order valence-electron chi connectivity index (χ1n) is 3.95. The van der Waals surface area contributed by atoms with Crippen molar-refractivity contribution in [2.45, 2.75) is 11.3 Å². The Bertz CT molecular complexity index is 286. The summed E-state index contributed by atoms with van der Waals surface area (Å²) in [5.41, 5.74) is 0. The van der Waals surface area contributed by atoms with Crippen LogP contribution in [0.2, 0.25) is 0 Å². The van der Waals surface area contributed by atoms with Crippen LogP contribution in [0.15, 0.2) is 23.1 Å². The van der Waals surface area contributed by atoms with E-state index >= 15 is 0 Å². The zero-order valence-electron chi connectivity index (χ0n) is 6.62. The molecule has 12 heavy (non-hydrogen) atoms. The van der Waals surface area contributed by atoms with Crippen molar-refractivity contribution in [3.8, 4) is 11.5 Å². The minimum Gasteiger partial charge on any atom is -0.490 e. The van der Waals surface area contributed by atoms with Crippen LogP contribution in [0.5, 0.6) is 11.5 Å². The molecule has 1 aliphatic heterocycles. The highest BCUT2D eigenvalue weighted by Gasteiger charge is 2.08. The van der Waals surface area contributed by atoms with Crippen LogP contribution in [-0.2, 0) is 0 Å². The van der Waals surface area contributed by atoms with E-state index in [0.717, 1.165) is 36.0 Å². The molecule has 0 aliphatic carbocycles. The first kappa shape index (κ1) is 7.80. The zero-order valence-corrected chi connectivity index (χ0v) is 7.51. The molecule has 0 unspecified atom stereocenters.